The highest BCUT2D eigenvalue weighted by Gasteiger charge is 2.27. The Bertz CT molecular complexity index is 533. The van der Waals surface area contributed by atoms with E-state index in [1.807, 2.05) is 6.92 Å². The summed E-state index contributed by atoms with van der Waals surface area (Å²) in [6, 6.07) is -1.01. The molecule has 0 aliphatic carbocycles. The molecule has 0 rings (SSSR count). The highest BCUT2D eigenvalue weighted by Crippen LogP contribution is 2.11. The second-order valence-electron chi connectivity index (χ2n) is 5.86. The van der Waals surface area contributed by atoms with Gasteiger partial charge in [-0.25, -0.2) is 9.59 Å². The van der Waals surface area contributed by atoms with Gasteiger partial charge in [0, 0.05) is 11.7 Å². The van der Waals surface area contributed by atoms with Gasteiger partial charge in [-0.3, -0.25) is 14.4 Å². The Hall–Kier alpha value is -1.90. The zero-order valence-corrected chi connectivity index (χ0v) is 16.6. The summed E-state index contributed by atoms with van der Waals surface area (Å²) in [7, 11) is 0. The smallest absolute Gasteiger partial charge is 0.375 e. The van der Waals surface area contributed by atoms with E-state index in [0.29, 0.717) is 18.2 Å². The SMILES string of the molecule is CCOC(=O)C(CSC(=O)CC(=O)C(=O)OC(C)C)NC(=O)C(C)CC. The second kappa shape index (κ2) is 12.5. The van der Waals surface area contributed by atoms with Crippen LogP contribution in [0.2, 0.25) is 0 Å². The van der Waals surface area contributed by atoms with E-state index in [0.717, 1.165) is 0 Å². The summed E-state index contributed by atoms with van der Waals surface area (Å²) in [5.74, 6) is -3.38. The molecule has 0 saturated carbocycles. The summed E-state index contributed by atoms with van der Waals surface area (Å²) in [4.78, 5) is 58.8. The van der Waals surface area contributed by atoms with Crippen LogP contribution in [-0.4, -0.2) is 53.2 Å². The molecule has 0 aromatic heterocycles. The Morgan fingerprint density at radius 1 is 1.04 bits per heavy atom. The number of hydrogen-bond donors (Lipinski definition) is 1. The minimum Gasteiger partial charge on any atom is -0.464 e. The molecule has 0 radical (unpaired) electrons. The fraction of sp³-hybridized carbons (Fsp3) is 0.706. The van der Waals surface area contributed by atoms with Crippen LogP contribution in [0.15, 0.2) is 0 Å². The van der Waals surface area contributed by atoms with E-state index in [4.69, 9.17) is 9.47 Å². The van der Waals surface area contributed by atoms with Crippen molar-refractivity contribution >= 4 is 40.5 Å². The Morgan fingerprint density at radius 3 is 2.15 bits per heavy atom. The first-order chi connectivity index (χ1) is 12.1. The average molecular weight is 389 g/mol. The van der Waals surface area contributed by atoms with Crippen LogP contribution in [0.4, 0.5) is 0 Å². The van der Waals surface area contributed by atoms with Gasteiger partial charge in [0.15, 0.2) is 5.12 Å². The van der Waals surface area contributed by atoms with Crippen LogP contribution in [0.3, 0.4) is 0 Å². The number of amides is 1. The number of carbonyl (C=O) groups is 5. The molecule has 2 unspecified atom stereocenters. The predicted octanol–water partition coefficient (Wildman–Crippen LogP) is 1.25. The maximum Gasteiger partial charge on any atom is 0.375 e. The van der Waals surface area contributed by atoms with Crippen molar-refractivity contribution in [2.75, 3.05) is 12.4 Å². The molecular formula is C17H27NO7S. The van der Waals surface area contributed by atoms with Crippen molar-refractivity contribution < 1.29 is 33.4 Å². The van der Waals surface area contributed by atoms with Gasteiger partial charge in [0.2, 0.25) is 11.7 Å². The number of rotatable bonds is 11. The molecule has 0 aromatic carbocycles. The number of nitrogens with one attached hydrogen (secondary N) is 1. The van der Waals surface area contributed by atoms with Crippen LogP contribution in [0.5, 0.6) is 0 Å². The van der Waals surface area contributed by atoms with Gasteiger partial charge >= 0.3 is 11.9 Å². The summed E-state index contributed by atoms with van der Waals surface area (Å²) in [5, 5.41) is 1.95. The minimum absolute atomic E-state index is 0.0909. The van der Waals surface area contributed by atoms with E-state index >= 15 is 0 Å². The Kier molecular flexibility index (Phi) is 11.5. The largest absolute Gasteiger partial charge is 0.464 e. The van der Waals surface area contributed by atoms with Gasteiger partial charge in [0.05, 0.1) is 19.1 Å². The molecule has 1 N–H and O–H groups in total. The molecule has 26 heavy (non-hydrogen) atoms. The van der Waals surface area contributed by atoms with E-state index in [-0.39, 0.29) is 24.2 Å². The lowest BCUT2D eigenvalue weighted by atomic mass is 10.1. The molecule has 0 bridgehead atoms. The number of ketones is 1. The Labute approximate surface area is 157 Å². The molecule has 1 amide bonds. The van der Waals surface area contributed by atoms with Crippen molar-refractivity contribution in [3.63, 3.8) is 0 Å². The van der Waals surface area contributed by atoms with Crippen molar-refractivity contribution in [2.45, 2.75) is 59.6 Å². The van der Waals surface area contributed by atoms with Gasteiger partial charge in [0.25, 0.3) is 0 Å². The maximum atomic E-state index is 12.0. The zero-order chi connectivity index (χ0) is 20.3. The Balaban J connectivity index is 4.69. The van der Waals surface area contributed by atoms with E-state index < -0.39 is 41.4 Å². The molecular weight excluding hydrogens is 362 g/mol. The van der Waals surface area contributed by atoms with Crippen molar-refractivity contribution in [3.8, 4) is 0 Å². The van der Waals surface area contributed by atoms with Crippen molar-refractivity contribution in [1.82, 2.24) is 5.32 Å². The zero-order valence-electron chi connectivity index (χ0n) is 15.8. The third kappa shape index (κ3) is 9.55. The predicted molar refractivity (Wildman–Crippen MR) is 96.3 cm³/mol. The lowest BCUT2D eigenvalue weighted by molar-refractivity contribution is -0.157. The first-order valence-corrected chi connectivity index (χ1v) is 9.47. The Morgan fingerprint density at radius 2 is 1.65 bits per heavy atom. The molecule has 0 saturated heterocycles. The van der Waals surface area contributed by atoms with Crippen LogP contribution in [0, 0.1) is 5.92 Å². The topological polar surface area (TPSA) is 116 Å². The quantitative estimate of drug-likeness (QED) is 0.319. The number of thioether (sulfide) groups is 1. The van der Waals surface area contributed by atoms with Crippen molar-refractivity contribution in [1.29, 1.82) is 0 Å². The number of esters is 2. The molecule has 148 valence electrons. The lowest BCUT2D eigenvalue weighted by Crippen LogP contribution is -2.45. The van der Waals surface area contributed by atoms with Crippen LogP contribution in [-0.2, 0) is 33.4 Å². The number of Topliss-reactive ketones (excluding diaryl/α,β-unsaturated/α-hetero) is 1. The maximum absolute atomic E-state index is 12.0. The monoisotopic (exact) mass is 389 g/mol. The summed E-state index contributed by atoms with van der Waals surface area (Å²) in [5.41, 5.74) is 0. The number of ether oxygens (including phenoxy) is 2. The number of hydrogen-bond acceptors (Lipinski definition) is 8. The van der Waals surface area contributed by atoms with Gasteiger partial charge < -0.3 is 14.8 Å². The third-order valence-corrected chi connectivity index (χ3v) is 4.20. The third-order valence-electron chi connectivity index (χ3n) is 3.23. The minimum atomic E-state index is -1.07. The first kappa shape index (κ1) is 24.1. The van der Waals surface area contributed by atoms with Crippen molar-refractivity contribution in [2.24, 2.45) is 5.92 Å². The molecule has 0 heterocycles. The average Bonchev–Trinajstić information content (AvgIpc) is 2.56. The second-order valence-corrected chi connectivity index (χ2v) is 6.94. The van der Waals surface area contributed by atoms with Gasteiger partial charge in [-0.15, -0.1) is 0 Å². The van der Waals surface area contributed by atoms with Crippen LogP contribution in [0.1, 0.15) is 47.5 Å². The van der Waals surface area contributed by atoms with Crippen molar-refractivity contribution in [3.05, 3.63) is 0 Å². The molecule has 0 aromatic rings. The van der Waals surface area contributed by atoms with Crippen LogP contribution in [0.25, 0.3) is 0 Å². The van der Waals surface area contributed by atoms with E-state index in [1.165, 1.54) is 0 Å². The van der Waals surface area contributed by atoms with Gasteiger partial charge in [-0.1, -0.05) is 25.6 Å². The molecule has 0 fully saturated rings. The van der Waals surface area contributed by atoms with Gasteiger partial charge in [-0.05, 0) is 27.2 Å². The van der Waals surface area contributed by atoms with Gasteiger partial charge in [-0.2, -0.15) is 0 Å². The summed E-state index contributed by atoms with van der Waals surface area (Å²) in [6.07, 6.45) is -0.497. The molecule has 0 aliphatic rings. The fourth-order valence-electron chi connectivity index (χ4n) is 1.62. The molecule has 2 atom stereocenters. The summed E-state index contributed by atoms with van der Waals surface area (Å²) >= 11 is 0.682. The van der Waals surface area contributed by atoms with Crippen LogP contribution < -0.4 is 5.32 Å². The van der Waals surface area contributed by atoms with E-state index in [1.54, 1.807) is 27.7 Å². The molecule has 8 nitrogen and oxygen atoms in total. The summed E-state index contributed by atoms with van der Waals surface area (Å²) < 4.78 is 9.61. The standard InChI is InChI=1S/C17H27NO7S/c1-6-11(5)15(21)18-12(16(22)24-7-2)9-26-14(20)8-13(19)17(23)25-10(3)4/h10-12H,6-9H2,1-5H3,(H,18,21). The van der Waals surface area contributed by atoms with E-state index in [2.05, 4.69) is 5.32 Å². The van der Waals surface area contributed by atoms with Crippen LogP contribution >= 0.6 is 11.8 Å². The molecule has 9 heteroatoms. The highest BCUT2D eigenvalue weighted by atomic mass is 32.2. The highest BCUT2D eigenvalue weighted by molar-refractivity contribution is 8.13. The molecule has 0 spiro atoms. The van der Waals surface area contributed by atoms with E-state index in [9.17, 15) is 24.0 Å². The summed E-state index contributed by atoms with van der Waals surface area (Å²) in [6.45, 7) is 8.49. The fourth-order valence-corrected chi connectivity index (χ4v) is 2.43. The molecule has 0 aliphatic heterocycles. The lowest BCUT2D eigenvalue weighted by Gasteiger charge is -2.18. The number of carbonyl (C=O) groups excluding carboxylic acids is 5. The normalized spacial score (nSPS) is 12.8. The first-order valence-electron chi connectivity index (χ1n) is 8.48. The van der Waals surface area contributed by atoms with Gasteiger partial charge in [0.1, 0.15) is 6.04 Å².